The van der Waals surface area contributed by atoms with Crippen LogP contribution in [-0.2, 0) is 0 Å². The van der Waals surface area contributed by atoms with Crippen molar-refractivity contribution in [3.05, 3.63) is 42.9 Å². The van der Waals surface area contributed by atoms with Crippen LogP contribution in [-0.4, -0.2) is 0 Å². The maximum atomic E-state index is 7.41. The summed E-state index contributed by atoms with van der Waals surface area (Å²) in [5.74, 6) is 0. The van der Waals surface area contributed by atoms with E-state index in [2.05, 4.69) is 0 Å². The fraction of sp³-hybridized carbons (Fsp3) is 0. The Bertz CT molecular complexity index is 365. The molecule has 0 fully saturated rings. The van der Waals surface area contributed by atoms with Gasteiger partial charge in [0.15, 0.2) is 0 Å². The van der Waals surface area contributed by atoms with Gasteiger partial charge in [0.25, 0.3) is 0 Å². The van der Waals surface area contributed by atoms with Crippen molar-refractivity contribution in [2.75, 3.05) is 0 Å². The molecule has 0 bridgehead atoms. The molecule has 1 heterocycles. The first kappa shape index (κ1) is 6.98. The van der Waals surface area contributed by atoms with Gasteiger partial charge in [-0.2, -0.15) is 0 Å². The molecule has 12 heavy (non-hydrogen) atoms. The van der Waals surface area contributed by atoms with Crippen LogP contribution in [0.25, 0.3) is 11.1 Å². The number of benzene rings is 1. The van der Waals surface area contributed by atoms with Crippen LogP contribution in [0, 0.1) is 0 Å². The molecule has 1 N–H and O–H groups in total. The third-order valence-electron chi connectivity index (χ3n) is 1.72. The summed E-state index contributed by atoms with van der Waals surface area (Å²) in [5.41, 5.74) is 9.97. The van der Waals surface area contributed by atoms with Crippen LogP contribution in [0.1, 0.15) is 0 Å². The number of rotatable bonds is 1. The molecule has 0 saturated carbocycles. The van der Waals surface area contributed by atoms with Crippen LogP contribution in [0.5, 0.6) is 0 Å². The molecule has 1 aromatic heterocycles. The second-order valence-corrected chi connectivity index (χ2v) is 2.59. The van der Waals surface area contributed by atoms with E-state index in [1.807, 2.05) is 24.3 Å². The third-order valence-corrected chi connectivity index (χ3v) is 1.72. The van der Waals surface area contributed by atoms with Gasteiger partial charge < -0.3 is 10.2 Å². The fourth-order valence-electron chi connectivity index (χ4n) is 1.13. The molecular weight excluding hydrogens is 150 g/mol. The Hall–Kier alpha value is -1.70. The first-order valence-electron chi connectivity index (χ1n) is 3.70. The second-order valence-electron chi connectivity index (χ2n) is 2.59. The van der Waals surface area contributed by atoms with Crippen molar-refractivity contribution in [1.82, 2.24) is 5.73 Å². The van der Waals surface area contributed by atoms with Crippen molar-refractivity contribution in [1.29, 1.82) is 0 Å². The van der Waals surface area contributed by atoms with Gasteiger partial charge in [-0.25, -0.2) is 0 Å². The van der Waals surface area contributed by atoms with Crippen molar-refractivity contribution in [3.8, 4) is 11.1 Å². The van der Waals surface area contributed by atoms with Crippen LogP contribution < -0.4 is 5.73 Å². The molecule has 59 valence electrons. The highest BCUT2D eigenvalue weighted by Gasteiger charge is 1.97. The summed E-state index contributed by atoms with van der Waals surface area (Å²) >= 11 is 0. The lowest BCUT2D eigenvalue weighted by atomic mass is 10.1. The Morgan fingerprint density at radius 3 is 2.67 bits per heavy atom. The van der Waals surface area contributed by atoms with E-state index in [0.717, 1.165) is 11.1 Å². The van der Waals surface area contributed by atoms with E-state index in [9.17, 15) is 0 Å². The lowest BCUT2D eigenvalue weighted by molar-refractivity contribution is 0.568. The predicted molar refractivity (Wildman–Crippen MR) is 46.9 cm³/mol. The molecule has 1 aromatic carbocycles. The molecule has 0 aliphatic carbocycles. The Morgan fingerprint density at radius 1 is 1.08 bits per heavy atom. The number of nitrogens with one attached hydrogen (secondary N) is 1. The Morgan fingerprint density at radius 2 is 2.00 bits per heavy atom. The zero-order valence-corrected chi connectivity index (χ0v) is 6.45. The molecule has 0 unspecified atom stereocenters. The molecule has 0 saturated heterocycles. The first-order chi connectivity index (χ1) is 5.86. The third kappa shape index (κ3) is 1.19. The number of hydrogen-bond acceptors (Lipinski definition) is 1. The minimum atomic E-state index is 0.522. The van der Waals surface area contributed by atoms with E-state index < -0.39 is 0 Å². The van der Waals surface area contributed by atoms with Gasteiger partial charge in [0.05, 0.1) is 18.2 Å². The predicted octanol–water partition coefficient (Wildman–Crippen LogP) is 2.86. The fourth-order valence-corrected chi connectivity index (χ4v) is 1.13. The highest BCUT2D eigenvalue weighted by atomic mass is 16.3. The average Bonchev–Trinajstić information content (AvgIpc) is 2.56. The van der Waals surface area contributed by atoms with Crippen molar-refractivity contribution < 1.29 is 4.42 Å². The zero-order chi connectivity index (χ0) is 8.39. The van der Waals surface area contributed by atoms with Crippen molar-refractivity contribution in [2.45, 2.75) is 0 Å². The normalized spacial score (nSPS) is 10.0. The van der Waals surface area contributed by atoms with Crippen molar-refractivity contribution in [3.63, 3.8) is 0 Å². The zero-order valence-electron chi connectivity index (χ0n) is 6.45. The quantitative estimate of drug-likeness (QED) is 0.628. The standard InChI is InChI=1S/C10H8NO/c11-10-3-1-2-8(6-10)9-4-5-12-7-9/h1-7,11H. The molecule has 2 nitrogen and oxygen atoms in total. The number of furan rings is 1. The Balaban J connectivity index is 2.48. The molecule has 0 amide bonds. The summed E-state index contributed by atoms with van der Waals surface area (Å²) < 4.78 is 4.95. The van der Waals surface area contributed by atoms with Crippen LogP contribution in [0.3, 0.4) is 0 Å². The number of hydrogen-bond donors (Lipinski definition) is 0. The highest BCUT2D eigenvalue weighted by molar-refractivity contribution is 5.65. The maximum Gasteiger partial charge on any atom is 0.0980 e. The molecule has 1 radical (unpaired) electrons. The van der Waals surface area contributed by atoms with E-state index in [1.54, 1.807) is 18.6 Å². The molecule has 2 rings (SSSR count). The average molecular weight is 158 g/mol. The topological polar surface area (TPSA) is 36.9 Å². The van der Waals surface area contributed by atoms with Crippen molar-refractivity contribution in [2.24, 2.45) is 0 Å². The van der Waals surface area contributed by atoms with E-state index in [1.165, 1.54) is 0 Å². The first-order valence-corrected chi connectivity index (χ1v) is 3.70. The van der Waals surface area contributed by atoms with Crippen LogP contribution in [0.4, 0.5) is 5.69 Å². The Kier molecular flexibility index (Phi) is 1.59. The molecule has 0 atom stereocenters. The van der Waals surface area contributed by atoms with Gasteiger partial charge in [0, 0.05) is 5.56 Å². The minimum absolute atomic E-state index is 0.522. The lowest BCUT2D eigenvalue weighted by Crippen LogP contribution is -1.73. The van der Waals surface area contributed by atoms with Crippen LogP contribution in [0.15, 0.2) is 47.3 Å². The van der Waals surface area contributed by atoms with Gasteiger partial charge in [-0.1, -0.05) is 12.1 Å². The lowest BCUT2D eigenvalue weighted by Gasteiger charge is -1.96. The molecular formula is C10H8NO. The minimum Gasteiger partial charge on any atom is -0.472 e. The summed E-state index contributed by atoms with van der Waals surface area (Å²) in [6.07, 6.45) is 3.31. The molecule has 0 aliphatic heterocycles. The van der Waals surface area contributed by atoms with Crippen LogP contribution in [0.2, 0.25) is 0 Å². The second kappa shape index (κ2) is 2.74. The summed E-state index contributed by atoms with van der Waals surface area (Å²) in [7, 11) is 0. The molecule has 2 aromatic rings. The summed E-state index contributed by atoms with van der Waals surface area (Å²) in [4.78, 5) is 0. The SMILES string of the molecule is [NH]c1cccc(-c2ccoc2)c1. The van der Waals surface area contributed by atoms with Crippen molar-refractivity contribution >= 4 is 5.69 Å². The van der Waals surface area contributed by atoms with Gasteiger partial charge in [-0.05, 0) is 23.8 Å². The highest BCUT2D eigenvalue weighted by Crippen LogP contribution is 2.21. The van der Waals surface area contributed by atoms with E-state index in [4.69, 9.17) is 10.2 Å². The monoisotopic (exact) mass is 158 g/mol. The van der Waals surface area contributed by atoms with Gasteiger partial charge in [0.1, 0.15) is 0 Å². The van der Waals surface area contributed by atoms with Crippen LogP contribution >= 0.6 is 0 Å². The van der Waals surface area contributed by atoms with Gasteiger partial charge >= 0.3 is 0 Å². The van der Waals surface area contributed by atoms with Gasteiger partial charge in [-0.15, -0.1) is 0 Å². The summed E-state index contributed by atoms with van der Waals surface area (Å²) in [6, 6.07) is 9.27. The van der Waals surface area contributed by atoms with Gasteiger partial charge in [0.2, 0.25) is 0 Å². The largest absolute Gasteiger partial charge is 0.472 e. The molecule has 0 spiro atoms. The maximum absolute atomic E-state index is 7.41. The summed E-state index contributed by atoms with van der Waals surface area (Å²) in [6.45, 7) is 0. The molecule has 0 aliphatic rings. The summed E-state index contributed by atoms with van der Waals surface area (Å²) in [5, 5.41) is 0. The smallest absolute Gasteiger partial charge is 0.0980 e. The van der Waals surface area contributed by atoms with E-state index in [-0.39, 0.29) is 0 Å². The molecule has 2 heteroatoms. The van der Waals surface area contributed by atoms with Gasteiger partial charge in [-0.3, -0.25) is 0 Å². The van der Waals surface area contributed by atoms with E-state index in [0.29, 0.717) is 5.69 Å². The van der Waals surface area contributed by atoms with E-state index >= 15 is 0 Å². The Labute approximate surface area is 70.6 Å².